The van der Waals surface area contributed by atoms with Crippen molar-refractivity contribution in [3.05, 3.63) is 27.5 Å². The highest BCUT2D eigenvalue weighted by Gasteiger charge is 2.35. The van der Waals surface area contributed by atoms with Gasteiger partial charge in [0.2, 0.25) is 0 Å². The lowest BCUT2D eigenvalue weighted by Gasteiger charge is -2.04. The van der Waals surface area contributed by atoms with Crippen molar-refractivity contribution in [3.8, 4) is 0 Å². The summed E-state index contributed by atoms with van der Waals surface area (Å²) in [6.45, 7) is 0. The molecule has 76 valence electrons. The Morgan fingerprint density at radius 2 is 1.87 bits per heavy atom. The Balaban J connectivity index is 2.38. The van der Waals surface area contributed by atoms with Crippen molar-refractivity contribution >= 4 is 23.4 Å². The SMILES string of the molecule is O=C1NC(=O)c2c3c(nc(Cl)c21)CCC3. The molecule has 4 nitrogen and oxygen atoms in total. The Morgan fingerprint density at radius 3 is 2.67 bits per heavy atom. The zero-order valence-electron chi connectivity index (χ0n) is 7.76. The number of fused-ring (bicyclic) bond motifs is 3. The van der Waals surface area contributed by atoms with Gasteiger partial charge in [-0.25, -0.2) is 4.98 Å². The molecule has 15 heavy (non-hydrogen) atoms. The van der Waals surface area contributed by atoms with E-state index in [0.29, 0.717) is 5.56 Å². The van der Waals surface area contributed by atoms with E-state index in [-0.39, 0.29) is 16.6 Å². The summed E-state index contributed by atoms with van der Waals surface area (Å²) in [6.07, 6.45) is 2.61. The largest absolute Gasteiger partial charge is 0.288 e. The fraction of sp³-hybridized carbons (Fsp3) is 0.300. The van der Waals surface area contributed by atoms with E-state index in [1.54, 1.807) is 0 Å². The minimum Gasteiger partial charge on any atom is -0.288 e. The van der Waals surface area contributed by atoms with Gasteiger partial charge in [-0.15, -0.1) is 0 Å². The number of aryl methyl sites for hydroxylation is 1. The van der Waals surface area contributed by atoms with E-state index in [2.05, 4.69) is 10.3 Å². The highest BCUT2D eigenvalue weighted by atomic mass is 35.5. The minimum absolute atomic E-state index is 0.147. The van der Waals surface area contributed by atoms with Crippen LogP contribution in [0.1, 0.15) is 38.4 Å². The van der Waals surface area contributed by atoms with Crippen molar-refractivity contribution in [2.24, 2.45) is 0 Å². The van der Waals surface area contributed by atoms with Gasteiger partial charge in [0.25, 0.3) is 11.8 Å². The smallest absolute Gasteiger partial charge is 0.262 e. The lowest BCUT2D eigenvalue weighted by Crippen LogP contribution is -2.20. The van der Waals surface area contributed by atoms with Crippen molar-refractivity contribution in [3.63, 3.8) is 0 Å². The zero-order chi connectivity index (χ0) is 10.6. The fourth-order valence-electron chi connectivity index (χ4n) is 2.23. The zero-order valence-corrected chi connectivity index (χ0v) is 8.52. The quantitative estimate of drug-likeness (QED) is 0.528. The van der Waals surface area contributed by atoms with Crippen LogP contribution in [0, 0.1) is 0 Å². The van der Waals surface area contributed by atoms with E-state index in [1.165, 1.54) is 0 Å². The highest BCUT2D eigenvalue weighted by molar-refractivity contribution is 6.36. The maximum absolute atomic E-state index is 11.6. The Kier molecular flexibility index (Phi) is 1.65. The normalized spacial score (nSPS) is 17.7. The summed E-state index contributed by atoms with van der Waals surface area (Å²) in [4.78, 5) is 27.2. The first-order chi connectivity index (χ1) is 7.18. The van der Waals surface area contributed by atoms with Gasteiger partial charge in [-0.2, -0.15) is 0 Å². The lowest BCUT2D eigenvalue weighted by molar-refractivity contribution is 0.0879. The Bertz CT molecular complexity index is 511. The molecule has 0 aromatic carbocycles. The van der Waals surface area contributed by atoms with E-state index in [9.17, 15) is 9.59 Å². The number of amides is 2. The van der Waals surface area contributed by atoms with Gasteiger partial charge in [-0.1, -0.05) is 11.6 Å². The number of carbonyl (C=O) groups is 2. The average molecular weight is 223 g/mol. The summed E-state index contributed by atoms with van der Waals surface area (Å²) in [6, 6.07) is 0. The number of rotatable bonds is 0. The molecule has 0 atom stereocenters. The molecule has 0 fully saturated rings. The molecule has 3 rings (SSSR count). The van der Waals surface area contributed by atoms with Gasteiger partial charge in [0.1, 0.15) is 5.15 Å². The van der Waals surface area contributed by atoms with Gasteiger partial charge >= 0.3 is 0 Å². The molecule has 5 heteroatoms. The third-order valence-corrected chi connectivity index (χ3v) is 3.13. The number of pyridine rings is 1. The van der Waals surface area contributed by atoms with Crippen molar-refractivity contribution in [2.45, 2.75) is 19.3 Å². The van der Waals surface area contributed by atoms with Crippen LogP contribution < -0.4 is 5.32 Å². The number of imide groups is 1. The number of nitrogens with one attached hydrogen (secondary N) is 1. The van der Waals surface area contributed by atoms with Crippen LogP contribution >= 0.6 is 11.6 Å². The predicted octanol–water partition coefficient (Wildman–Crippen LogP) is 1.11. The molecule has 0 spiro atoms. The second-order valence-electron chi connectivity index (χ2n) is 3.71. The first kappa shape index (κ1) is 8.85. The number of nitrogens with zero attached hydrogens (tertiary/aromatic N) is 1. The van der Waals surface area contributed by atoms with E-state index >= 15 is 0 Å². The van der Waals surface area contributed by atoms with Crippen LogP contribution in [0.4, 0.5) is 0 Å². The third-order valence-electron chi connectivity index (χ3n) is 2.86. The molecule has 1 aromatic heterocycles. The Hall–Kier alpha value is -1.42. The first-order valence-corrected chi connectivity index (χ1v) is 5.13. The maximum atomic E-state index is 11.6. The van der Waals surface area contributed by atoms with E-state index < -0.39 is 5.91 Å². The summed E-state index contributed by atoms with van der Waals surface area (Å²) >= 11 is 5.89. The number of hydrogen-bond acceptors (Lipinski definition) is 3. The Morgan fingerprint density at radius 1 is 1.13 bits per heavy atom. The predicted molar refractivity (Wildman–Crippen MR) is 53.1 cm³/mol. The summed E-state index contributed by atoms with van der Waals surface area (Å²) in [7, 11) is 0. The summed E-state index contributed by atoms with van der Waals surface area (Å²) in [5, 5.41) is 2.40. The molecule has 1 aliphatic heterocycles. The van der Waals surface area contributed by atoms with Gasteiger partial charge in [0, 0.05) is 5.69 Å². The lowest BCUT2D eigenvalue weighted by atomic mass is 10.0. The van der Waals surface area contributed by atoms with Crippen LogP contribution in [0.5, 0.6) is 0 Å². The number of carbonyl (C=O) groups excluding carboxylic acids is 2. The van der Waals surface area contributed by atoms with Crippen LogP contribution in [-0.4, -0.2) is 16.8 Å². The van der Waals surface area contributed by atoms with Crippen LogP contribution in [0.15, 0.2) is 0 Å². The molecule has 1 aromatic rings. The molecule has 0 saturated carbocycles. The Labute approximate surface area is 90.6 Å². The van der Waals surface area contributed by atoms with E-state index in [1.807, 2.05) is 0 Å². The van der Waals surface area contributed by atoms with Gasteiger partial charge in [0.05, 0.1) is 11.1 Å². The third kappa shape index (κ3) is 1.05. The number of halogens is 1. The summed E-state index contributed by atoms with van der Waals surface area (Å²) in [5.41, 5.74) is 2.47. The molecular formula is C10H7ClN2O2. The second kappa shape index (κ2) is 2.79. The van der Waals surface area contributed by atoms with Crippen molar-refractivity contribution in [1.82, 2.24) is 10.3 Å². The molecule has 2 aliphatic rings. The molecule has 2 amide bonds. The fourth-order valence-corrected chi connectivity index (χ4v) is 2.52. The standard InChI is InChI=1S/C10H7ClN2O2/c11-8-7-6(9(14)13-10(7)15)4-2-1-3-5(4)12-8/h1-3H2,(H,13,14,15). The number of hydrogen-bond donors (Lipinski definition) is 1. The van der Waals surface area contributed by atoms with Crippen molar-refractivity contribution in [1.29, 1.82) is 0 Å². The molecule has 0 unspecified atom stereocenters. The molecule has 0 radical (unpaired) electrons. The number of aromatic nitrogens is 1. The van der Waals surface area contributed by atoms with Crippen LogP contribution in [-0.2, 0) is 12.8 Å². The monoisotopic (exact) mass is 222 g/mol. The van der Waals surface area contributed by atoms with E-state index in [4.69, 9.17) is 11.6 Å². The second-order valence-corrected chi connectivity index (χ2v) is 4.07. The van der Waals surface area contributed by atoms with Crippen LogP contribution in [0.2, 0.25) is 5.15 Å². The molecule has 2 heterocycles. The van der Waals surface area contributed by atoms with Gasteiger partial charge in [0.15, 0.2) is 0 Å². The average Bonchev–Trinajstić information content (AvgIpc) is 2.71. The van der Waals surface area contributed by atoms with Gasteiger partial charge < -0.3 is 0 Å². The van der Waals surface area contributed by atoms with Crippen LogP contribution in [0.3, 0.4) is 0 Å². The van der Waals surface area contributed by atoms with Gasteiger partial charge in [-0.05, 0) is 24.8 Å². The molecule has 1 aliphatic carbocycles. The minimum atomic E-state index is -0.429. The molecule has 0 bridgehead atoms. The van der Waals surface area contributed by atoms with Crippen molar-refractivity contribution < 1.29 is 9.59 Å². The molecule has 0 saturated heterocycles. The summed E-state index contributed by atoms with van der Waals surface area (Å²) in [5.74, 6) is -0.764. The molecule has 1 N–H and O–H groups in total. The van der Waals surface area contributed by atoms with Crippen molar-refractivity contribution in [2.75, 3.05) is 0 Å². The van der Waals surface area contributed by atoms with Gasteiger partial charge in [-0.3, -0.25) is 14.9 Å². The molecular weight excluding hydrogens is 216 g/mol. The topological polar surface area (TPSA) is 59.1 Å². The summed E-state index contributed by atoms with van der Waals surface area (Å²) < 4.78 is 0. The van der Waals surface area contributed by atoms with Crippen LogP contribution in [0.25, 0.3) is 0 Å². The first-order valence-electron chi connectivity index (χ1n) is 4.75. The van der Waals surface area contributed by atoms with E-state index in [0.717, 1.165) is 30.5 Å². The highest BCUT2D eigenvalue weighted by Crippen LogP contribution is 2.32. The maximum Gasteiger partial charge on any atom is 0.262 e.